The summed E-state index contributed by atoms with van der Waals surface area (Å²) in [4.78, 5) is 11.9. The first-order valence-corrected chi connectivity index (χ1v) is 7.89. The summed E-state index contributed by atoms with van der Waals surface area (Å²) in [5.41, 5.74) is 0. The van der Waals surface area contributed by atoms with E-state index in [9.17, 15) is 9.90 Å². The van der Waals surface area contributed by atoms with Gasteiger partial charge in [0.25, 0.3) is 0 Å². The number of rotatable bonds is 3. The van der Waals surface area contributed by atoms with Crippen LogP contribution in [0.15, 0.2) is 0 Å². The fourth-order valence-corrected chi connectivity index (χ4v) is 3.94. The number of thioether (sulfide) groups is 1. The molecule has 3 nitrogen and oxygen atoms in total. The van der Waals surface area contributed by atoms with Crippen LogP contribution in [0.2, 0.25) is 0 Å². The average molecular weight is 257 g/mol. The number of hydrogen-bond donors (Lipinski definition) is 2. The summed E-state index contributed by atoms with van der Waals surface area (Å²) in [6.45, 7) is 0.664. The molecule has 3 atom stereocenters. The highest BCUT2D eigenvalue weighted by atomic mass is 32.2. The molecule has 1 aliphatic heterocycles. The van der Waals surface area contributed by atoms with E-state index in [0.29, 0.717) is 6.54 Å². The van der Waals surface area contributed by atoms with Gasteiger partial charge in [-0.15, -0.1) is 11.8 Å². The molecule has 0 spiro atoms. The minimum atomic E-state index is -0.206. The zero-order valence-electron chi connectivity index (χ0n) is 10.4. The first-order valence-electron chi connectivity index (χ1n) is 6.85. The van der Waals surface area contributed by atoms with Crippen molar-refractivity contribution >= 4 is 17.7 Å². The number of nitrogens with one attached hydrogen (secondary N) is 1. The van der Waals surface area contributed by atoms with Crippen LogP contribution >= 0.6 is 11.8 Å². The number of aliphatic hydroxyl groups is 1. The maximum absolute atomic E-state index is 11.9. The molecule has 0 aromatic carbocycles. The second-order valence-corrected chi connectivity index (χ2v) is 6.52. The second-order valence-electron chi connectivity index (χ2n) is 5.21. The van der Waals surface area contributed by atoms with E-state index in [-0.39, 0.29) is 23.2 Å². The van der Waals surface area contributed by atoms with Crippen LogP contribution in [-0.2, 0) is 4.79 Å². The third-order valence-electron chi connectivity index (χ3n) is 3.88. The van der Waals surface area contributed by atoms with Crippen LogP contribution < -0.4 is 5.32 Å². The Balaban J connectivity index is 1.71. The maximum Gasteiger partial charge on any atom is 0.233 e. The van der Waals surface area contributed by atoms with Gasteiger partial charge in [0.1, 0.15) is 0 Å². The molecular formula is C13H23NO2S. The van der Waals surface area contributed by atoms with E-state index in [1.807, 2.05) is 0 Å². The van der Waals surface area contributed by atoms with Crippen molar-refractivity contribution in [3.63, 3.8) is 0 Å². The Bertz CT molecular complexity index is 254. The van der Waals surface area contributed by atoms with Gasteiger partial charge in [-0.1, -0.05) is 19.3 Å². The zero-order chi connectivity index (χ0) is 12.1. The number of carbonyl (C=O) groups is 1. The summed E-state index contributed by atoms with van der Waals surface area (Å²) in [6.07, 6.45) is 7.51. The van der Waals surface area contributed by atoms with Crippen LogP contribution in [0.3, 0.4) is 0 Å². The molecule has 2 fully saturated rings. The van der Waals surface area contributed by atoms with E-state index < -0.39 is 0 Å². The quantitative estimate of drug-likeness (QED) is 0.812. The largest absolute Gasteiger partial charge is 0.393 e. The van der Waals surface area contributed by atoms with E-state index in [1.165, 1.54) is 19.3 Å². The van der Waals surface area contributed by atoms with Gasteiger partial charge in [0, 0.05) is 12.5 Å². The Hall–Kier alpha value is -0.220. The molecule has 0 bridgehead atoms. The van der Waals surface area contributed by atoms with E-state index in [2.05, 4.69) is 5.32 Å². The van der Waals surface area contributed by atoms with Crippen molar-refractivity contribution in [3.05, 3.63) is 0 Å². The number of hydrogen-bond acceptors (Lipinski definition) is 3. The van der Waals surface area contributed by atoms with E-state index in [4.69, 9.17) is 0 Å². The third-order valence-corrected chi connectivity index (χ3v) is 5.26. The summed E-state index contributed by atoms with van der Waals surface area (Å²) in [6, 6.07) is 0. The number of carbonyl (C=O) groups excluding carboxylic acids is 1. The molecule has 1 heterocycles. The van der Waals surface area contributed by atoms with Gasteiger partial charge in [0.2, 0.25) is 5.91 Å². The standard InChI is InChI=1S/C13H23NO2S/c15-11-6-2-1-5-10(11)9-14-13(16)12-7-3-4-8-17-12/h10-12,15H,1-9H2,(H,14,16). The molecule has 1 aliphatic carbocycles. The van der Waals surface area contributed by atoms with Gasteiger partial charge in [-0.25, -0.2) is 0 Å². The highest BCUT2D eigenvalue weighted by Gasteiger charge is 2.26. The van der Waals surface area contributed by atoms with Crippen LogP contribution in [-0.4, -0.2) is 34.7 Å². The maximum atomic E-state index is 11.9. The predicted molar refractivity (Wildman–Crippen MR) is 71.1 cm³/mol. The molecule has 3 unspecified atom stereocenters. The summed E-state index contributed by atoms with van der Waals surface area (Å²) >= 11 is 1.78. The summed E-state index contributed by atoms with van der Waals surface area (Å²) < 4.78 is 0. The summed E-state index contributed by atoms with van der Waals surface area (Å²) in [7, 11) is 0. The van der Waals surface area contributed by atoms with Gasteiger partial charge >= 0.3 is 0 Å². The van der Waals surface area contributed by atoms with Crippen molar-refractivity contribution in [2.45, 2.75) is 56.3 Å². The molecule has 0 aromatic rings. The highest BCUT2D eigenvalue weighted by Crippen LogP contribution is 2.26. The normalized spacial score (nSPS) is 34.3. The van der Waals surface area contributed by atoms with Gasteiger partial charge in [0.05, 0.1) is 11.4 Å². The minimum absolute atomic E-state index is 0.157. The molecule has 2 N–H and O–H groups in total. The molecular weight excluding hydrogens is 234 g/mol. The Labute approximate surface area is 108 Å². The lowest BCUT2D eigenvalue weighted by atomic mass is 9.86. The van der Waals surface area contributed by atoms with Gasteiger partial charge in [-0.05, 0) is 31.4 Å². The monoisotopic (exact) mass is 257 g/mol. The third kappa shape index (κ3) is 3.88. The van der Waals surface area contributed by atoms with Crippen molar-refractivity contribution in [1.82, 2.24) is 5.32 Å². The Morgan fingerprint density at radius 2 is 1.94 bits per heavy atom. The van der Waals surface area contributed by atoms with Crippen molar-refractivity contribution < 1.29 is 9.90 Å². The van der Waals surface area contributed by atoms with Crippen LogP contribution in [0.1, 0.15) is 44.9 Å². The van der Waals surface area contributed by atoms with Crippen molar-refractivity contribution in [1.29, 1.82) is 0 Å². The first kappa shape index (κ1) is 13.2. The predicted octanol–water partition coefficient (Wildman–Crippen LogP) is 1.94. The van der Waals surface area contributed by atoms with Gasteiger partial charge < -0.3 is 10.4 Å². The van der Waals surface area contributed by atoms with E-state index in [1.54, 1.807) is 11.8 Å². The molecule has 0 aromatic heterocycles. The molecule has 98 valence electrons. The van der Waals surface area contributed by atoms with Gasteiger partial charge in [-0.2, -0.15) is 0 Å². The lowest BCUT2D eigenvalue weighted by Gasteiger charge is -2.28. The van der Waals surface area contributed by atoms with Gasteiger partial charge in [0.15, 0.2) is 0 Å². The summed E-state index contributed by atoms with van der Waals surface area (Å²) in [5.74, 6) is 1.58. The van der Waals surface area contributed by atoms with Crippen molar-refractivity contribution in [2.24, 2.45) is 5.92 Å². The molecule has 0 radical (unpaired) electrons. The molecule has 1 saturated carbocycles. The topological polar surface area (TPSA) is 49.3 Å². The zero-order valence-corrected chi connectivity index (χ0v) is 11.2. The lowest BCUT2D eigenvalue weighted by Crippen LogP contribution is -2.40. The lowest BCUT2D eigenvalue weighted by molar-refractivity contribution is -0.121. The van der Waals surface area contributed by atoms with Crippen LogP contribution in [0, 0.1) is 5.92 Å². The second kappa shape index (κ2) is 6.64. The minimum Gasteiger partial charge on any atom is -0.393 e. The smallest absolute Gasteiger partial charge is 0.233 e. The fraction of sp³-hybridized carbons (Fsp3) is 0.923. The van der Waals surface area contributed by atoms with Crippen molar-refractivity contribution in [3.8, 4) is 0 Å². The molecule has 2 rings (SSSR count). The van der Waals surface area contributed by atoms with Crippen molar-refractivity contribution in [2.75, 3.05) is 12.3 Å². The van der Waals surface area contributed by atoms with Crippen LogP contribution in [0.25, 0.3) is 0 Å². The molecule has 4 heteroatoms. The Kier molecular flexibility index (Phi) is 5.16. The Morgan fingerprint density at radius 1 is 1.18 bits per heavy atom. The number of aliphatic hydroxyl groups excluding tert-OH is 1. The highest BCUT2D eigenvalue weighted by molar-refractivity contribution is 8.00. The van der Waals surface area contributed by atoms with Crippen LogP contribution in [0.5, 0.6) is 0 Å². The van der Waals surface area contributed by atoms with E-state index in [0.717, 1.165) is 31.4 Å². The first-order chi connectivity index (χ1) is 8.27. The average Bonchev–Trinajstić information content (AvgIpc) is 2.38. The van der Waals surface area contributed by atoms with E-state index >= 15 is 0 Å². The van der Waals surface area contributed by atoms with Gasteiger partial charge in [-0.3, -0.25) is 4.79 Å². The fourth-order valence-electron chi connectivity index (χ4n) is 2.72. The van der Waals surface area contributed by atoms with Crippen LogP contribution in [0.4, 0.5) is 0 Å². The SMILES string of the molecule is O=C(NCC1CCCCC1O)C1CCCCS1. The molecule has 2 aliphatic rings. The molecule has 17 heavy (non-hydrogen) atoms. The summed E-state index contributed by atoms with van der Waals surface area (Å²) in [5, 5.41) is 13.0. The number of amides is 1. The molecule has 1 amide bonds. The molecule has 1 saturated heterocycles. The Morgan fingerprint density at radius 3 is 2.65 bits per heavy atom.